The largest absolute Gasteiger partial charge is 1.00 e. The van der Waals surface area contributed by atoms with Crippen molar-refractivity contribution in [2.75, 3.05) is 0 Å². The van der Waals surface area contributed by atoms with Gasteiger partial charge in [0.25, 0.3) is 0 Å². The van der Waals surface area contributed by atoms with Gasteiger partial charge in [0, 0.05) is 0 Å². The van der Waals surface area contributed by atoms with Crippen LogP contribution < -0.4 is 34.2 Å². The second kappa shape index (κ2) is 17.8. The second-order valence-electron chi connectivity index (χ2n) is 0.0690. The first-order valence-corrected chi connectivity index (χ1v) is 0.970. The summed E-state index contributed by atoms with van der Waals surface area (Å²) in [7, 11) is 0. The van der Waals surface area contributed by atoms with Crippen LogP contribution in [-0.2, 0) is 0 Å². The monoisotopic (exact) mass is 128 g/mol. The number of hydrogen-bond donors (Lipinski definition) is 1. The molecule has 0 aliphatic rings. The molecule has 0 spiro atoms. The van der Waals surface area contributed by atoms with Crippen molar-refractivity contribution in [2.24, 2.45) is 0 Å². The van der Waals surface area contributed by atoms with Gasteiger partial charge in [0.1, 0.15) is 0 Å². The van der Waals surface area contributed by atoms with E-state index in [1.807, 2.05) is 0 Å². The van der Waals surface area contributed by atoms with Crippen molar-refractivity contribution in [1.29, 1.82) is 0 Å². The van der Waals surface area contributed by atoms with E-state index in [-0.39, 0.29) is 54.7 Å². The smallest absolute Gasteiger partial charge is 1.00 e. The summed E-state index contributed by atoms with van der Waals surface area (Å²) < 4.78 is 15.2. The van der Waals surface area contributed by atoms with E-state index in [9.17, 15) is 0 Å². The topological polar surface area (TPSA) is 43.3 Å². The third kappa shape index (κ3) is 29.9. The Bertz CT molecular complexity index is 11.5. The molecule has 0 radical (unpaired) electrons. The molecule has 0 amide bonds. The third-order valence-corrected chi connectivity index (χ3v) is 0. The maximum Gasteiger partial charge on any atom is 1.00 e. The van der Waals surface area contributed by atoms with Gasteiger partial charge in [-0.25, -0.2) is 0 Å². The van der Waals surface area contributed by atoms with Crippen molar-refractivity contribution in [1.82, 2.24) is 0 Å². The fourth-order valence-electron chi connectivity index (χ4n) is 0. The zero-order valence-corrected chi connectivity index (χ0v) is 6.21. The van der Waals surface area contributed by atoms with Gasteiger partial charge in [0.05, 0.1) is 0 Å². The molecule has 0 aromatic rings. The van der Waals surface area contributed by atoms with Crippen LogP contribution in [-0.4, -0.2) is 4.66 Å². The summed E-state index contributed by atoms with van der Waals surface area (Å²) in [5.41, 5.74) is 0. The maximum absolute atomic E-state index is 8.35. The molecule has 0 unspecified atom stereocenters. The summed E-state index contributed by atoms with van der Waals surface area (Å²) in [6.07, 6.45) is 0. The molecular formula is H3Cl2NaO2. The molecule has 0 rings (SSSR count). The predicted octanol–water partition coefficient (Wildman–Crippen LogP) is -4.21. The summed E-state index contributed by atoms with van der Waals surface area (Å²) in [5, 5.41) is 0. The number of halogens is 2. The Hall–Kier alpha value is 1.50. The Kier molecular flexibility index (Phi) is 57.2. The minimum atomic E-state index is -0.167. The molecule has 0 bridgehead atoms. The van der Waals surface area contributed by atoms with Crippen molar-refractivity contribution in [2.45, 2.75) is 0 Å². The summed E-state index contributed by atoms with van der Waals surface area (Å²) in [4.78, 5) is 0. The van der Waals surface area contributed by atoms with E-state index in [1.165, 1.54) is 0 Å². The van der Waals surface area contributed by atoms with Crippen molar-refractivity contribution in [3.63, 3.8) is 0 Å². The van der Waals surface area contributed by atoms with E-state index in [2.05, 4.69) is 0 Å². The second-order valence-corrected chi connectivity index (χ2v) is 0.207. The molecule has 0 aliphatic carbocycles. The van der Waals surface area contributed by atoms with E-state index in [4.69, 9.17) is 9.32 Å². The van der Waals surface area contributed by atoms with E-state index in [1.54, 1.807) is 0 Å². The molecule has 0 fully saturated rings. The molecule has 0 atom stereocenters. The summed E-state index contributed by atoms with van der Waals surface area (Å²) in [5.74, 6) is 0. The minimum Gasteiger partial charge on any atom is -1.00 e. The van der Waals surface area contributed by atoms with Gasteiger partial charge in [-0.1, -0.05) is 0 Å². The molecule has 1 N–H and O–H groups in total. The first-order valence-electron chi connectivity index (χ1n) is 0.323. The molecule has 0 aliphatic heterocycles. The predicted molar refractivity (Wildman–Crippen MR) is 10.6 cm³/mol. The molecule has 30 valence electrons. The van der Waals surface area contributed by atoms with Crippen molar-refractivity contribution in [3.05, 3.63) is 0 Å². The number of rotatable bonds is 0. The maximum atomic E-state index is 8.35. The van der Waals surface area contributed by atoms with Gasteiger partial charge in [-0.2, -0.15) is 0 Å². The Morgan fingerprint density at radius 2 is 1.80 bits per heavy atom. The Morgan fingerprint density at radius 3 is 1.80 bits per heavy atom. The summed E-state index contributed by atoms with van der Waals surface area (Å²) >= 11 is -0.167. The molecule has 0 aromatic carbocycles. The van der Waals surface area contributed by atoms with E-state index in [0.29, 0.717) is 0 Å². The molecule has 5 heavy (non-hydrogen) atoms. The molecule has 5 heteroatoms. The van der Waals surface area contributed by atoms with Crippen molar-refractivity contribution in [3.8, 4) is 0 Å². The van der Waals surface area contributed by atoms with Gasteiger partial charge in [-0.3, -0.25) is 0 Å². The number of hydrogen-bond acceptors (Lipinski definition) is 2. The Morgan fingerprint density at radius 1 is 1.80 bits per heavy atom. The van der Waals surface area contributed by atoms with Crippen molar-refractivity contribution >= 4 is 12.4 Å². The molecule has 2 nitrogen and oxygen atoms in total. The van der Waals surface area contributed by atoms with E-state index in [0.717, 1.165) is 0 Å². The fourth-order valence-corrected chi connectivity index (χ4v) is 0. The van der Waals surface area contributed by atoms with Gasteiger partial charge < -0.3 is 6.09 Å². The van der Waals surface area contributed by atoms with Crippen LogP contribution >= 0.6 is 12.4 Å². The van der Waals surface area contributed by atoms with Gasteiger partial charge in [-0.05, 0) is 0 Å². The minimum absolute atomic E-state index is 0. The zero-order valence-electron chi connectivity index (χ0n) is 3.64. The quantitative estimate of drug-likeness (QED) is 0.337. The molecule has 0 aromatic heterocycles. The third-order valence-electron chi connectivity index (χ3n) is 0. The van der Waals surface area contributed by atoms with Crippen LogP contribution in [0.25, 0.3) is 0 Å². The van der Waals surface area contributed by atoms with Crippen LogP contribution in [0.3, 0.4) is 0 Å². The Balaban J connectivity index is -0.00000000667. The fraction of sp³-hybridized carbons (Fsp3) is 0. The molecular weight excluding hydrogens is 126 g/mol. The molecule has 0 saturated carbocycles. The van der Waals surface area contributed by atoms with Crippen LogP contribution in [0.15, 0.2) is 0 Å². The SMILES string of the molecule is Cl.[H-].[Na+].[O-][Cl+]O. The van der Waals surface area contributed by atoms with Gasteiger partial charge in [-0.15, -0.1) is 17.1 Å². The normalized spacial score (nSPS) is 3.60. The van der Waals surface area contributed by atoms with Crippen molar-refractivity contribution < 1.29 is 51.6 Å². The van der Waals surface area contributed by atoms with Gasteiger partial charge in [0.15, 0.2) is 0 Å². The average molecular weight is 129 g/mol. The van der Waals surface area contributed by atoms with E-state index < -0.39 is 0 Å². The Labute approximate surface area is 63.8 Å². The zero-order chi connectivity index (χ0) is 2.71. The van der Waals surface area contributed by atoms with Crippen LogP contribution in [0.4, 0.5) is 0 Å². The van der Waals surface area contributed by atoms with Crippen LogP contribution in [0.5, 0.6) is 0 Å². The van der Waals surface area contributed by atoms with Crippen LogP contribution in [0.1, 0.15) is 1.43 Å². The standard InChI is InChI=1S/ClHO2.ClH.Na.H/c2-1-3;;;/h2H;1H;;/q;;+1;-1. The molecule has 0 heterocycles. The van der Waals surface area contributed by atoms with Gasteiger partial charge in [0.2, 0.25) is 0 Å². The van der Waals surface area contributed by atoms with E-state index >= 15 is 0 Å². The first kappa shape index (κ1) is 16.1. The van der Waals surface area contributed by atoms with Crippen LogP contribution in [0, 0.1) is 11.3 Å². The van der Waals surface area contributed by atoms with Crippen LogP contribution in [0.2, 0.25) is 0 Å². The summed E-state index contributed by atoms with van der Waals surface area (Å²) in [6, 6.07) is 0. The molecule has 0 saturated heterocycles. The average Bonchev–Trinajstić information content (AvgIpc) is 0.918. The first-order chi connectivity index (χ1) is 1.41. The summed E-state index contributed by atoms with van der Waals surface area (Å²) in [6.45, 7) is 0. The van der Waals surface area contributed by atoms with Gasteiger partial charge >= 0.3 is 40.9 Å².